The highest BCUT2D eigenvalue weighted by atomic mass is 32.2. The van der Waals surface area contributed by atoms with Crippen molar-refractivity contribution in [1.29, 1.82) is 5.26 Å². The van der Waals surface area contributed by atoms with Crippen LogP contribution >= 0.6 is 0 Å². The van der Waals surface area contributed by atoms with E-state index in [1.165, 1.54) is 12.0 Å². The summed E-state index contributed by atoms with van der Waals surface area (Å²) in [4.78, 5) is 13.8. The van der Waals surface area contributed by atoms with Crippen molar-refractivity contribution >= 4 is 15.7 Å². The molecular weight excluding hydrogens is 380 g/mol. The number of nitrogens with zero attached hydrogens (tertiary/aromatic N) is 2. The van der Waals surface area contributed by atoms with E-state index < -0.39 is 21.5 Å². The molecule has 0 aliphatic heterocycles. The summed E-state index contributed by atoms with van der Waals surface area (Å²) in [5.41, 5.74) is 1.72. The van der Waals surface area contributed by atoms with Crippen LogP contribution in [0.4, 0.5) is 0 Å². The second-order valence-electron chi connectivity index (χ2n) is 6.27. The third-order valence-corrected chi connectivity index (χ3v) is 5.60. The monoisotopic (exact) mass is 402 g/mol. The second-order valence-corrected chi connectivity index (χ2v) is 8.33. The number of rotatable bonds is 8. The van der Waals surface area contributed by atoms with E-state index in [9.17, 15) is 13.2 Å². The molecule has 0 N–H and O–H groups in total. The number of methoxy groups -OCH3 is 2. The number of carbonyl (C=O) groups is 1. The van der Waals surface area contributed by atoms with Crippen molar-refractivity contribution in [2.24, 2.45) is 0 Å². The summed E-state index contributed by atoms with van der Waals surface area (Å²) in [5, 5.41) is 8.79. The highest BCUT2D eigenvalue weighted by Crippen LogP contribution is 2.25. The minimum atomic E-state index is -3.64. The van der Waals surface area contributed by atoms with E-state index in [2.05, 4.69) is 0 Å². The molecule has 2 rings (SSSR count). The quantitative estimate of drug-likeness (QED) is 0.671. The highest BCUT2D eigenvalue weighted by molar-refractivity contribution is 7.91. The predicted octanol–water partition coefficient (Wildman–Crippen LogP) is 2.15. The van der Waals surface area contributed by atoms with Gasteiger partial charge in [-0.1, -0.05) is 12.1 Å². The topological polar surface area (TPSA) is 96.7 Å². The van der Waals surface area contributed by atoms with E-state index in [1.807, 2.05) is 6.07 Å². The lowest BCUT2D eigenvalue weighted by atomic mass is 10.2. The van der Waals surface area contributed by atoms with Crippen molar-refractivity contribution in [2.45, 2.75) is 12.3 Å². The molecule has 1 amide bonds. The zero-order valence-electron chi connectivity index (χ0n) is 16.0. The Balaban J connectivity index is 2.03. The second kappa shape index (κ2) is 9.24. The van der Waals surface area contributed by atoms with Gasteiger partial charge >= 0.3 is 0 Å². The van der Waals surface area contributed by atoms with E-state index in [0.717, 1.165) is 5.56 Å². The van der Waals surface area contributed by atoms with Gasteiger partial charge in [0.05, 0.1) is 31.6 Å². The third kappa shape index (κ3) is 5.72. The van der Waals surface area contributed by atoms with Crippen LogP contribution in [-0.4, -0.2) is 46.2 Å². The molecule has 0 bridgehead atoms. The zero-order valence-corrected chi connectivity index (χ0v) is 16.8. The molecule has 0 aliphatic rings. The van der Waals surface area contributed by atoms with Crippen molar-refractivity contribution in [3.05, 3.63) is 59.2 Å². The highest BCUT2D eigenvalue weighted by Gasteiger charge is 2.21. The molecule has 8 heteroatoms. The minimum absolute atomic E-state index is 0.207. The molecule has 28 heavy (non-hydrogen) atoms. The number of amides is 1. The molecule has 0 saturated carbocycles. The number of sulfone groups is 1. The summed E-state index contributed by atoms with van der Waals surface area (Å²) in [5.74, 6) is -0.183. The smallest absolute Gasteiger partial charge is 0.237 e. The van der Waals surface area contributed by atoms with Crippen LogP contribution in [0.3, 0.4) is 0 Å². The first-order chi connectivity index (χ1) is 13.3. The molecule has 0 radical (unpaired) electrons. The summed E-state index contributed by atoms with van der Waals surface area (Å²) in [6.07, 6.45) is 0. The maximum Gasteiger partial charge on any atom is 0.237 e. The van der Waals surface area contributed by atoms with E-state index in [1.54, 1.807) is 56.6 Å². The van der Waals surface area contributed by atoms with Crippen molar-refractivity contribution in [2.75, 3.05) is 27.0 Å². The summed E-state index contributed by atoms with van der Waals surface area (Å²) >= 11 is 0. The molecule has 0 heterocycles. The van der Waals surface area contributed by atoms with Gasteiger partial charge < -0.3 is 14.4 Å². The molecule has 0 saturated heterocycles. The normalized spacial score (nSPS) is 10.8. The number of hydrogen-bond donors (Lipinski definition) is 0. The molecule has 2 aromatic carbocycles. The van der Waals surface area contributed by atoms with E-state index in [4.69, 9.17) is 14.7 Å². The standard InChI is InChI=1S/C20H22N2O5S/c1-22(12-17-8-9-18(26-2)10-19(17)27-3)20(23)14-28(24,25)13-16-6-4-15(11-21)5-7-16/h4-10H,12-14H2,1-3H3. The van der Waals surface area contributed by atoms with Crippen LogP contribution in [0.5, 0.6) is 11.5 Å². The molecule has 0 aliphatic carbocycles. The van der Waals surface area contributed by atoms with Crippen LogP contribution < -0.4 is 9.47 Å². The summed E-state index contributed by atoms with van der Waals surface area (Å²) in [7, 11) is 0.963. The van der Waals surface area contributed by atoms with Crippen LogP contribution in [0.25, 0.3) is 0 Å². The average molecular weight is 402 g/mol. The van der Waals surface area contributed by atoms with Crippen LogP contribution in [0.1, 0.15) is 16.7 Å². The Morgan fingerprint density at radius 1 is 1.11 bits per heavy atom. The Hall–Kier alpha value is -3.05. The predicted molar refractivity (Wildman–Crippen MR) is 105 cm³/mol. The van der Waals surface area contributed by atoms with Crippen LogP contribution in [0.2, 0.25) is 0 Å². The number of nitriles is 1. The van der Waals surface area contributed by atoms with Gasteiger partial charge in [0.15, 0.2) is 9.84 Å². The summed E-state index contributed by atoms with van der Waals surface area (Å²) < 4.78 is 35.2. The molecule has 2 aromatic rings. The lowest BCUT2D eigenvalue weighted by Gasteiger charge is -2.19. The van der Waals surface area contributed by atoms with Crippen LogP contribution in [0.15, 0.2) is 42.5 Å². The first-order valence-corrected chi connectivity index (χ1v) is 10.2. The van der Waals surface area contributed by atoms with Crippen LogP contribution in [-0.2, 0) is 26.9 Å². The Morgan fingerprint density at radius 3 is 2.36 bits per heavy atom. The molecule has 148 valence electrons. The van der Waals surface area contributed by atoms with Gasteiger partial charge in [-0.25, -0.2) is 8.42 Å². The summed E-state index contributed by atoms with van der Waals surface area (Å²) in [6, 6.07) is 13.5. The third-order valence-electron chi connectivity index (χ3n) is 4.14. The molecule has 0 spiro atoms. The first-order valence-electron chi connectivity index (χ1n) is 8.42. The number of benzene rings is 2. The van der Waals surface area contributed by atoms with Gasteiger partial charge in [-0.3, -0.25) is 4.79 Å². The fraction of sp³-hybridized carbons (Fsp3) is 0.300. The number of carbonyl (C=O) groups excluding carboxylic acids is 1. The van der Waals surface area contributed by atoms with Gasteiger partial charge in [0, 0.05) is 25.2 Å². The SMILES string of the molecule is COc1ccc(CN(C)C(=O)CS(=O)(=O)Cc2ccc(C#N)cc2)c(OC)c1. The molecule has 0 aromatic heterocycles. The maximum atomic E-state index is 12.4. The largest absolute Gasteiger partial charge is 0.497 e. The maximum absolute atomic E-state index is 12.4. The number of hydrogen-bond acceptors (Lipinski definition) is 6. The fourth-order valence-electron chi connectivity index (χ4n) is 2.60. The van der Waals surface area contributed by atoms with Gasteiger partial charge in [-0.2, -0.15) is 5.26 Å². The van der Waals surface area contributed by atoms with Crippen molar-refractivity contribution in [1.82, 2.24) is 4.90 Å². The molecule has 0 unspecified atom stereocenters. The zero-order chi connectivity index (χ0) is 20.7. The Kier molecular flexibility index (Phi) is 7.01. The minimum Gasteiger partial charge on any atom is -0.497 e. The van der Waals surface area contributed by atoms with Crippen molar-refractivity contribution in [3.63, 3.8) is 0 Å². The lowest BCUT2D eigenvalue weighted by molar-refractivity contribution is -0.127. The van der Waals surface area contributed by atoms with Gasteiger partial charge in [-0.05, 0) is 29.8 Å². The van der Waals surface area contributed by atoms with Crippen molar-refractivity contribution < 1.29 is 22.7 Å². The van der Waals surface area contributed by atoms with Gasteiger partial charge in [0.25, 0.3) is 0 Å². The fourth-order valence-corrected chi connectivity index (χ4v) is 4.00. The Labute approximate surface area is 165 Å². The molecule has 0 atom stereocenters. The van der Waals surface area contributed by atoms with E-state index >= 15 is 0 Å². The first kappa shape index (κ1) is 21.3. The lowest BCUT2D eigenvalue weighted by Crippen LogP contribution is -2.32. The van der Waals surface area contributed by atoms with Crippen LogP contribution in [0, 0.1) is 11.3 Å². The molecular formula is C20H22N2O5S. The number of ether oxygens (including phenoxy) is 2. The Bertz CT molecular complexity index is 979. The molecule has 0 fully saturated rings. The van der Waals surface area contributed by atoms with Gasteiger partial charge in [0.2, 0.25) is 5.91 Å². The van der Waals surface area contributed by atoms with Gasteiger partial charge in [-0.15, -0.1) is 0 Å². The summed E-state index contributed by atoms with van der Waals surface area (Å²) in [6.45, 7) is 0.207. The Morgan fingerprint density at radius 2 is 1.79 bits per heavy atom. The van der Waals surface area contributed by atoms with E-state index in [0.29, 0.717) is 22.6 Å². The van der Waals surface area contributed by atoms with Gasteiger partial charge in [0.1, 0.15) is 17.3 Å². The molecule has 7 nitrogen and oxygen atoms in total. The van der Waals surface area contributed by atoms with Crippen molar-refractivity contribution in [3.8, 4) is 17.6 Å². The van der Waals surface area contributed by atoms with E-state index in [-0.39, 0.29) is 12.3 Å². The average Bonchev–Trinajstić information content (AvgIpc) is 2.68.